The lowest BCUT2D eigenvalue weighted by atomic mass is 10.0. The number of primary amides is 1. The molecule has 2 atom stereocenters. The Bertz CT molecular complexity index is 938. The summed E-state index contributed by atoms with van der Waals surface area (Å²) >= 11 is 0. The zero-order chi connectivity index (χ0) is 24.8. The van der Waals surface area contributed by atoms with Crippen molar-refractivity contribution in [2.75, 3.05) is 32.7 Å². The van der Waals surface area contributed by atoms with E-state index in [1.165, 1.54) is 17.0 Å². The predicted octanol–water partition coefficient (Wildman–Crippen LogP) is 0.421. The SMILES string of the molecule is CC(C)[C@@H]1CN(CC(N)=O)CC(=O)NCCCc2ccc(F)c(c2)C(=O)N2CCC[C@H]2C(=O)N1. The van der Waals surface area contributed by atoms with Gasteiger partial charge in [-0.3, -0.25) is 24.1 Å². The van der Waals surface area contributed by atoms with Crippen molar-refractivity contribution in [2.45, 2.75) is 51.6 Å². The van der Waals surface area contributed by atoms with Crippen LogP contribution in [0.4, 0.5) is 4.39 Å². The molecule has 2 bridgehead atoms. The van der Waals surface area contributed by atoms with Crippen LogP contribution in [0.3, 0.4) is 0 Å². The third kappa shape index (κ3) is 6.53. The number of rotatable bonds is 3. The average Bonchev–Trinajstić information content (AvgIpc) is 3.25. The maximum Gasteiger partial charge on any atom is 0.257 e. The van der Waals surface area contributed by atoms with Crippen molar-refractivity contribution < 1.29 is 23.6 Å². The first kappa shape index (κ1) is 25.6. The normalized spacial score (nSPS) is 23.3. The molecule has 4 amide bonds. The zero-order valence-electron chi connectivity index (χ0n) is 19.8. The first-order valence-electron chi connectivity index (χ1n) is 11.8. The highest BCUT2D eigenvalue weighted by Gasteiger charge is 2.37. The Morgan fingerprint density at radius 3 is 2.71 bits per heavy atom. The van der Waals surface area contributed by atoms with Crippen LogP contribution in [-0.2, 0) is 20.8 Å². The number of halogens is 1. The molecule has 1 fully saturated rings. The van der Waals surface area contributed by atoms with Crippen LogP contribution in [0.2, 0.25) is 0 Å². The number of fused-ring (bicyclic) bond motifs is 3. The summed E-state index contributed by atoms with van der Waals surface area (Å²) in [6, 6.07) is 3.35. The number of carbonyl (C=O) groups excluding carboxylic acids is 4. The van der Waals surface area contributed by atoms with Gasteiger partial charge in [-0.05, 0) is 49.3 Å². The number of aryl methyl sites for hydroxylation is 1. The number of nitrogens with two attached hydrogens (primary N) is 1. The van der Waals surface area contributed by atoms with Gasteiger partial charge in [0.1, 0.15) is 11.9 Å². The lowest BCUT2D eigenvalue weighted by Crippen LogP contribution is -2.54. The summed E-state index contributed by atoms with van der Waals surface area (Å²) in [5.41, 5.74) is 6.12. The third-order valence-corrected chi connectivity index (χ3v) is 6.38. The van der Waals surface area contributed by atoms with Gasteiger partial charge in [0, 0.05) is 25.7 Å². The molecule has 9 nitrogen and oxygen atoms in total. The van der Waals surface area contributed by atoms with Crippen molar-refractivity contribution in [2.24, 2.45) is 11.7 Å². The molecular weight excluding hydrogens is 441 g/mol. The van der Waals surface area contributed by atoms with E-state index in [1.807, 2.05) is 13.8 Å². The Kier molecular flexibility index (Phi) is 8.60. The highest BCUT2D eigenvalue weighted by atomic mass is 19.1. The summed E-state index contributed by atoms with van der Waals surface area (Å²) in [6.07, 6.45) is 2.27. The van der Waals surface area contributed by atoms with Gasteiger partial charge in [0.2, 0.25) is 17.7 Å². The molecule has 0 aliphatic carbocycles. The third-order valence-electron chi connectivity index (χ3n) is 6.38. The first-order chi connectivity index (χ1) is 16.2. The second kappa shape index (κ2) is 11.4. The van der Waals surface area contributed by atoms with Crippen molar-refractivity contribution in [3.05, 3.63) is 35.1 Å². The van der Waals surface area contributed by atoms with Gasteiger partial charge in [0.25, 0.3) is 5.91 Å². The van der Waals surface area contributed by atoms with Crippen molar-refractivity contribution in [3.8, 4) is 0 Å². The quantitative estimate of drug-likeness (QED) is 0.585. The molecule has 0 saturated carbocycles. The molecule has 1 aromatic carbocycles. The van der Waals surface area contributed by atoms with Crippen LogP contribution in [0, 0.1) is 11.7 Å². The number of amides is 4. The molecule has 1 aromatic rings. The van der Waals surface area contributed by atoms with Gasteiger partial charge in [-0.15, -0.1) is 0 Å². The molecule has 4 N–H and O–H groups in total. The highest BCUT2D eigenvalue weighted by Crippen LogP contribution is 2.23. The summed E-state index contributed by atoms with van der Waals surface area (Å²) in [4.78, 5) is 53.6. The van der Waals surface area contributed by atoms with E-state index in [2.05, 4.69) is 10.6 Å². The predicted molar refractivity (Wildman–Crippen MR) is 124 cm³/mol. The Balaban J connectivity index is 1.91. The molecule has 3 rings (SSSR count). The maximum absolute atomic E-state index is 14.6. The van der Waals surface area contributed by atoms with Crippen molar-refractivity contribution >= 4 is 23.6 Å². The molecule has 2 aliphatic heterocycles. The Hall–Kier alpha value is -3.01. The van der Waals surface area contributed by atoms with Gasteiger partial charge in [-0.1, -0.05) is 19.9 Å². The molecule has 0 radical (unpaired) electrons. The second-order valence-electron chi connectivity index (χ2n) is 9.42. The van der Waals surface area contributed by atoms with Crippen LogP contribution in [0.15, 0.2) is 18.2 Å². The molecule has 0 unspecified atom stereocenters. The summed E-state index contributed by atoms with van der Waals surface area (Å²) in [7, 11) is 0. The fourth-order valence-electron chi connectivity index (χ4n) is 4.49. The van der Waals surface area contributed by atoms with Gasteiger partial charge in [-0.2, -0.15) is 0 Å². The minimum atomic E-state index is -0.708. The molecule has 0 aromatic heterocycles. The molecular formula is C24H34FN5O4. The largest absolute Gasteiger partial charge is 0.369 e. The number of hydrogen-bond acceptors (Lipinski definition) is 5. The van der Waals surface area contributed by atoms with Crippen LogP contribution >= 0.6 is 0 Å². The van der Waals surface area contributed by atoms with E-state index in [9.17, 15) is 23.6 Å². The monoisotopic (exact) mass is 475 g/mol. The topological polar surface area (TPSA) is 125 Å². The number of benzene rings is 1. The van der Waals surface area contributed by atoms with E-state index in [1.54, 1.807) is 11.0 Å². The van der Waals surface area contributed by atoms with Crippen molar-refractivity contribution in [1.82, 2.24) is 20.4 Å². The molecule has 186 valence electrons. The van der Waals surface area contributed by atoms with E-state index in [0.29, 0.717) is 38.8 Å². The summed E-state index contributed by atoms with van der Waals surface area (Å²) in [5, 5.41) is 5.81. The minimum Gasteiger partial charge on any atom is -0.369 e. The van der Waals surface area contributed by atoms with Gasteiger partial charge >= 0.3 is 0 Å². The number of hydrogen-bond donors (Lipinski definition) is 3. The van der Waals surface area contributed by atoms with Crippen molar-refractivity contribution in [1.29, 1.82) is 0 Å². The number of nitrogens with zero attached hydrogens (tertiary/aromatic N) is 2. The van der Waals surface area contributed by atoms with Crippen LogP contribution in [0.5, 0.6) is 0 Å². The molecule has 0 spiro atoms. The molecule has 10 heteroatoms. The van der Waals surface area contributed by atoms with Crippen LogP contribution in [0.25, 0.3) is 0 Å². The van der Waals surface area contributed by atoms with Gasteiger partial charge in [0.15, 0.2) is 0 Å². The van der Waals surface area contributed by atoms with Crippen molar-refractivity contribution in [3.63, 3.8) is 0 Å². The Morgan fingerprint density at radius 1 is 1.24 bits per heavy atom. The number of carbonyl (C=O) groups is 4. The molecule has 2 aliphatic rings. The van der Waals surface area contributed by atoms with Crippen LogP contribution in [-0.4, -0.2) is 78.2 Å². The lowest BCUT2D eigenvalue weighted by Gasteiger charge is -2.31. The highest BCUT2D eigenvalue weighted by molar-refractivity contribution is 5.98. The maximum atomic E-state index is 14.6. The van der Waals surface area contributed by atoms with Crippen LogP contribution in [0.1, 0.15) is 49.0 Å². The average molecular weight is 476 g/mol. The van der Waals surface area contributed by atoms with E-state index in [0.717, 1.165) is 5.56 Å². The first-order valence-corrected chi connectivity index (χ1v) is 11.8. The summed E-state index contributed by atoms with van der Waals surface area (Å²) in [5.74, 6) is -2.27. The van der Waals surface area contributed by atoms with Gasteiger partial charge < -0.3 is 21.3 Å². The van der Waals surface area contributed by atoms with Gasteiger partial charge in [0.05, 0.1) is 18.7 Å². The molecule has 2 heterocycles. The van der Waals surface area contributed by atoms with Crippen LogP contribution < -0.4 is 16.4 Å². The summed E-state index contributed by atoms with van der Waals surface area (Å²) < 4.78 is 14.6. The Morgan fingerprint density at radius 2 is 2.00 bits per heavy atom. The lowest BCUT2D eigenvalue weighted by molar-refractivity contribution is -0.126. The molecule has 34 heavy (non-hydrogen) atoms. The van der Waals surface area contributed by atoms with E-state index < -0.39 is 23.7 Å². The van der Waals surface area contributed by atoms with E-state index in [-0.39, 0.29) is 49.0 Å². The van der Waals surface area contributed by atoms with E-state index in [4.69, 9.17) is 5.73 Å². The second-order valence-corrected chi connectivity index (χ2v) is 9.42. The molecule has 1 saturated heterocycles. The Labute approximate surface area is 199 Å². The minimum absolute atomic E-state index is 0.0100. The standard InChI is InChI=1S/C24H34FN5O4/c1-15(2)19-12-29(13-21(26)31)14-22(32)27-9-3-5-16-7-8-18(25)17(11-16)24(34)30-10-4-6-20(30)23(33)28-19/h7-8,11,15,19-20H,3-6,9-10,12-14H2,1-2H3,(H2,26,31)(H,27,32)(H,28,33)/t19-,20-/m0/s1. The van der Waals surface area contributed by atoms with E-state index >= 15 is 0 Å². The number of nitrogens with one attached hydrogen (secondary N) is 2. The smallest absolute Gasteiger partial charge is 0.257 e. The van der Waals surface area contributed by atoms with Gasteiger partial charge in [-0.25, -0.2) is 4.39 Å². The fraction of sp³-hybridized carbons (Fsp3) is 0.583. The summed E-state index contributed by atoms with van der Waals surface area (Å²) in [6.45, 7) is 4.71. The fourth-order valence-corrected chi connectivity index (χ4v) is 4.49. The zero-order valence-corrected chi connectivity index (χ0v) is 19.8.